The maximum Gasteiger partial charge on any atom is 0.262 e. The number of para-hydroxylation sites is 1. The molecule has 0 unspecified atom stereocenters. The van der Waals surface area contributed by atoms with Crippen molar-refractivity contribution in [2.24, 2.45) is 0 Å². The van der Waals surface area contributed by atoms with Crippen molar-refractivity contribution in [1.29, 1.82) is 0 Å². The third-order valence-electron chi connectivity index (χ3n) is 12.8. The number of nitrogens with zero attached hydrogens (tertiary/aromatic N) is 1. The number of fused-ring (bicyclic) bond motifs is 1. The SMILES string of the molecule is CC[C@]1(C)NC(=O)[C@H](CCC=CCC(=O)[C@@H](C)O[Si](c2ccccc2)(c2ccccc2)C(C)(C)C)NC(=O)[C@H]2CCCN2C(=O)[C@H](Cc2ccc(OCC(=O)Nc3ccccc3)cc2)NC1=O. The Labute approximate surface area is 395 Å². The first-order valence-electron chi connectivity index (χ1n) is 23.3. The molecular formula is C53H65N5O8Si. The van der Waals surface area contributed by atoms with Gasteiger partial charge in [-0.15, -0.1) is 0 Å². The number of anilines is 1. The zero-order valence-corrected chi connectivity index (χ0v) is 40.5. The van der Waals surface area contributed by atoms with Crippen LogP contribution in [-0.2, 0) is 39.6 Å². The average molecular weight is 928 g/mol. The smallest absolute Gasteiger partial charge is 0.262 e. The minimum absolute atomic E-state index is 0.0815. The molecule has 2 aliphatic rings. The molecule has 0 radical (unpaired) electrons. The molecule has 354 valence electrons. The standard InChI is InChI=1S/C53H65N5O8Si/c1-7-53(6)51(64)56-44(35-38-30-32-40(33-31-38)65-36-47(60)54-39-21-12-8-13-22-39)50(63)58-34-20-28-45(58)49(62)55-43(48(61)57-53)27-18-11-19-29-46(59)37(2)66-67(52(3,4)5,41-23-14-9-15-24-41)42-25-16-10-17-26-42/h8-17,19,21-26,30-33,37,43-45H,7,18,20,27-29,34-36H2,1-6H3,(H,54,60)(H,55,62)(H,56,64)(H,57,61)/t37-,43+,44+,45-,53+/m1/s1. The molecule has 5 amide bonds. The van der Waals surface area contributed by atoms with E-state index in [1.807, 2.05) is 67.6 Å². The van der Waals surface area contributed by atoms with Crippen LogP contribution in [0.1, 0.15) is 85.6 Å². The molecule has 0 bridgehead atoms. The van der Waals surface area contributed by atoms with E-state index in [2.05, 4.69) is 66.3 Å². The van der Waals surface area contributed by atoms with Crippen molar-refractivity contribution < 1.29 is 37.9 Å². The molecule has 2 fully saturated rings. The van der Waals surface area contributed by atoms with E-state index in [4.69, 9.17) is 9.16 Å². The predicted molar refractivity (Wildman–Crippen MR) is 262 cm³/mol. The summed E-state index contributed by atoms with van der Waals surface area (Å²) in [5, 5.41) is 13.4. The molecule has 0 aromatic heterocycles. The molecule has 4 aromatic rings. The van der Waals surface area contributed by atoms with Gasteiger partial charge in [-0.25, -0.2) is 0 Å². The van der Waals surface area contributed by atoms with E-state index in [1.54, 1.807) is 56.3 Å². The third kappa shape index (κ3) is 12.3. The number of ether oxygens (including phenoxy) is 1. The van der Waals surface area contributed by atoms with Crippen LogP contribution >= 0.6 is 0 Å². The van der Waals surface area contributed by atoms with E-state index < -0.39 is 61.7 Å². The lowest BCUT2D eigenvalue weighted by molar-refractivity contribution is -0.144. The highest BCUT2D eigenvalue weighted by atomic mass is 28.4. The predicted octanol–water partition coefficient (Wildman–Crippen LogP) is 5.77. The highest BCUT2D eigenvalue weighted by Crippen LogP contribution is 2.37. The van der Waals surface area contributed by atoms with E-state index >= 15 is 0 Å². The maximum atomic E-state index is 14.3. The Hall–Kier alpha value is -6.38. The Kier molecular flexibility index (Phi) is 16.7. The van der Waals surface area contributed by atoms with Crippen LogP contribution in [0, 0.1) is 0 Å². The van der Waals surface area contributed by atoms with Crippen LogP contribution in [0.5, 0.6) is 5.75 Å². The van der Waals surface area contributed by atoms with Crippen molar-refractivity contribution in [2.75, 3.05) is 18.5 Å². The lowest BCUT2D eigenvalue weighted by Crippen LogP contribution is -2.68. The van der Waals surface area contributed by atoms with Gasteiger partial charge in [-0.05, 0) is 91.2 Å². The van der Waals surface area contributed by atoms with E-state index in [0.29, 0.717) is 42.8 Å². The molecule has 0 saturated carbocycles. The van der Waals surface area contributed by atoms with E-state index in [0.717, 1.165) is 10.4 Å². The monoisotopic (exact) mass is 927 g/mol. The normalized spacial score (nSPS) is 21.0. The fraction of sp³-hybridized carbons (Fsp3) is 0.396. The van der Waals surface area contributed by atoms with Crippen molar-refractivity contribution in [3.8, 4) is 5.75 Å². The van der Waals surface area contributed by atoms with E-state index in [9.17, 15) is 28.8 Å². The first-order chi connectivity index (χ1) is 32.0. The molecule has 2 saturated heterocycles. The summed E-state index contributed by atoms with van der Waals surface area (Å²) in [6, 6.07) is 33.4. The number of amides is 5. The topological polar surface area (TPSA) is 172 Å². The van der Waals surface area contributed by atoms with Crippen molar-refractivity contribution >= 4 is 59.7 Å². The number of hydrogen-bond donors (Lipinski definition) is 4. The second-order valence-electron chi connectivity index (χ2n) is 18.6. The molecule has 67 heavy (non-hydrogen) atoms. The highest BCUT2D eigenvalue weighted by Gasteiger charge is 2.51. The number of benzene rings is 4. The summed E-state index contributed by atoms with van der Waals surface area (Å²) in [5.41, 5.74) is -0.0420. The molecule has 2 aliphatic heterocycles. The van der Waals surface area contributed by atoms with Crippen LogP contribution in [-0.4, -0.2) is 91.5 Å². The largest absolute Gasteiger partial charge is 0.484 e. The Bertz CT molecular complexity index is 2340. The fourth-order valence-corrected chi connectivity index (χ4v) is 13.5. The zero-order valence-electron chi connectivity index (χ0n) is 39.5. The number of rotatable bonds is 17. The van der Waals surface area contributed by atoms with Gasteiger partial charge in [0.15, 0.2) is 12.4 Å². The van der Waals surface area contributed by atoms with Crippen LogP contribution in [0.15, 0.2) is 127 Å². The van der Waals surface area contributed by atoms with Crippen molar-refractivity contribution in [1.82, 2.24) is 20.9 Å². The molecule has 5 atom stereocenters. The summed E-state index contributed by atoms with van der Waals surface area (Å²) in [6.45, 7) is 11.8. The lowest BCUT2D eigenvalue weighted by atomic mass is 9.94. The van der Waals surface area contributed by atoms with Gasteiger partial charge in [0.25, 0.3) is 14.2 Å². The van der Waals surface area contributed by atoms with E-state index in [-0.39, 0.29) is 49.0 Å². The molecule has 14 heteroatoms. The van der Waals surface area contributed by atoms with Gasteiger partial charge in [0.05, 0.1) is 0 Å². The maximum absolute atomic E-state index is 14.3. The minimum atomic E-state index is -2.96. The van der Waals surface area contributed by atoms with Crippen LogP contribution < -0.4 is 36.4 Å². The summed E-state index contributed by atoms with van der Waals surface area (Å²) in [6.07, 6.45) is 4.85. The van der Waals surface area contributed by atoms with Crippen LogP contribution in [0.25, 0.3) is 0 Å². The Morgan fingerprint density at radius 2 is 1.45 bits per heavy atom. The van der Waals surface area contributed by atoms with Crippen LogP contribution in [0.3, 0.4) is 0 Å². The molecule has 0 spiro atoms. The quantitative estimate of drug-likeness (QED) is 0.0765. The van der Waals surface area contributed by atoms with Crippen molar-refractivity contribution in [3.05, 3.63) is 133 Å². The highest BCUT2D eigenvalue weighted by molar-refractivity contribution is 6.99. The van der Waals surface area contributed by atoms with E-state index in [1.165, 1.54) is 4.90 Å². The Morgan fingerprint density at radius 1 is 0.836 bits per heavy atom. The lowest BCUT2D eigenvalue weighted by Gasteiger charge is -2.44. The number of Topliss-reactive ketones (excluding diaryl/α,β-unsaturated/α-hetero) is 1. The number of hydrogen-bond acceptors (Lipinski definition) is 8. The molecule has 13 nitrogen and oxygen atoms in total. The summed E-state index contributed by atoms with van der Waals surface area (Å²) in [4.78, 5) is 84.1. The zero-order chi connectivity index (χ0) is 48.2. The molecule has 6 rings (SSSR count). The third-order valence-corrected chi connectivity index (χ3v) is 17.9. The van der Waals surface area contributed by atoms with Crippen LogP contribution in [0.4, 0.5) is 5.69 Å². The molecule has 4 N–H and O–H groups in total. The molecule has 4 aromatic carbocycles. The van der Waals surface area contributed by atoms with Gasteiger partial charge >= 0.3 is 0 Å². The van der Waals surface area contributed by atoms with Crippen molar-refractivity contribution in [2.45, 2.75) is 121 Å². The Balaban J connectivity index is 1.10. The van der Waals surface area contributed by atoms with Gasteiger partial charge in [0.1, 0.15) is 35.5 Å². The minimum Gasteiger partial charge on any atom is -0.484 e. The summed E-state index contributed by atoms with van der Waals surface area (Å²) in [5.74, 6) is -1.84. The summed E-state index contributed by atoms with van der Waals surface area (Å²) >= 11 is 0. The van der Waals surface area contributed by atoms with Gasteiger partial charge in [-0.1, -0.05) is 131 Å². The average Bonchev–Trinajstić information content (AvgIpc) is 3.82. The molecular weight excluding hydrogens is 863 g/mol. The summed E-state index contributed by atoms with van der Waals surface area (Å²) in [7, 11) is -2.96. The first-order valence-corrected chi connectivity index (χ1v) is 25.2. The summed E-state index contributed by atoms with van der Waals surface area (Å²) < 4.78 is 12.7. The van der Waals surface area contributed by atoms with Gasteiger partial charge in [0.2, 0.25) is 23.6 Å². The first kappa shape index (κ1) is 50.0. The van der Waals surface area contributed by atoms with Gasteiger partial charge in [-0.3, -0.25) is 28.8 Å². The number of ketones is 1. The molecule has 0 aliphatic carbocycles. The fourth-order valence-electron chi connectivity index (χ4n) is 8.82. The van der Waals surface area contributed by atoms with Crippen LogP contribution in [0.2, 0.25) is 5.04 Å². The van der Waals surface area contributed by atoms with Gasteiger partial charge in [0, 0.05) is 25.1 Å². The number of nitrogens with one attached hydrogen (secondary N) is 4. The number of carbonyl (C=O) groups excluding carboxylic acids is 6. The van der Waals surface area contributed by atoms with Crippen molar-refractivity contribution in [3.63, 3.8) is 0 Å². The van der Waals surface area contributed by atoms with Gasteiger partial charge in [-0.2, -0.15) is 0 Å². The Morgan fingerprint density at radius 3 is 2.04 bits per heavy atom. The number of carbonyl (C=O) groups is 6. The van der Waals surface area contributed by atoms with Gasteiger partial charge < -0.3 is 35.3 Å². The number of allylic oxidation sites excluding steroid dienone is 2. The second kappa shape index (κ2) is 22.4. The second-order valence-corrected chi connectivity index (χ2v) is 22.9. The molecule has 2 heterocycles.